The molecule has 4 heteroatoms. The number of aliphatic hydroxyl groups is 1. The van der Waals surface area contributed by atoms with Gasteiger partial charge in [-0.2, -0.15) is 0 Å². The molecule has 1 aliphatic heterocycles. The van der Waals surface area contributed by atoms with Crippen LogP contribution in [0.3, 0.4) is 0 Å². The standard InChI is InChI=1S/C16H30N2O2/c1-17(2)11-16(13-19)8-5-9-18(12-16)15(20)10-14-6-3-4-7-14/h14,19H,3-13H2,1-2H3. The van der Waals surface area contributed by atoms with E-state index in [1.54, 1.807) is 0 Å². The van der Waals surface area contributed by atoms with Crippen LogP contribution in [-0.2, 0) is 4.79 Å². The summed E-state index contributed by atoms with van der Waals surface area (Å²) in [6.07, 6.45) is 7.80. The van der Waals surface area contributed by atoms with Gasteiger partial charge in [0.1, 0.15) is 0 Å². The van der Waals surface area contributed by atoms with E-state index in [1.165, 1.54) is 25.7 Å². The summed E-state index contributed by atoms with van der Waals surface area (Å²) in [4.78, 5) is 16.6. The highest BCUT2D eigenvalue weighted by molar-refractivity contribution is 5.76. The molecule has 1 heterocycles. The molecule has 1 saturated heterocycles. The summed E-state index contributed by atoms with van der Waals surface area (Å²) in [7, 11) is 4.08. The topological polar surface area (TPSA) is 43.8 Å². The maximum absolute atomic E-state index is 12.5. The molecule has 0 bridgehead atoms. The number of likely N-dealkylation sites (tertiary alicyclic amines) is 1. The third kappa shape index (κ3) is 3.95. The Kier molecular flexibility index (Phi) is 5.44. The Morgan fingerprint density at radius 1 is 1.30 bits per heavy atom. The molecule has 1 aliphatic carbocycles. The van der Waals surface area contributed by atoms with Crippen molar-refractivity contribution in [2.75, 3.05) is 40.3 Å². The van der Waals surface area contributed by atoms with Gasteiger partial charge in [-0.3, -0.25) is 4.79 Å². The van der Waals surface area contributed by atoms with Crippen LogP contribution in [0.2, 0.25) is 0 Å². The van der Waals surface area contributed by atoms with E-state index in [2.05, 4.69) is 4.90 Å². The second kappa shape index (κ2) is 6.90. The molecule has 0 spiro atoms. The third-order valence-corrected chi connectivity index (χ3v) is 4.94. The van der Waals surface area contributed by atoms with Gasteiger partial charge in [0.25, 0.3) is 0 Å². The summed E-state index contributed by atoms with van der Waals surface area (Å²) >= 11 is 0. The predicted molar refractivity (Wildman–Crippen MR) is 80.5 cm³/mol. The Balaban J connectivity index is 1.92. The van der Waals surface area contributed by atoms with E-state index < -0.39 is 0 Å². The average Bonchev–Trinajstić information content (AvgIpc) is 2.91. The number of aliphatic hydroxyl groups excluding tert-OH is 1. The highest BCUT2D eigenvalue weighted by Crippen LogP contribution is 2.32. The van der Waals surface area contributed by atoms with E-state index >= 15 is 0 Å². The van der Waals surface area contributed by atoms with Gasteiger partial charge >= 0.3 is 0 Å². The van der Waals surface area contributed by atoms with E-state index in [9.17, 15) is 9.90 Å². The summed E-state index contributed by atoms with van der Waals surface area (Å²) < 4.78 is 0. The van der Waals surface area contributed by atoms with E-state index in [1.807, 2.05) is 19.0 Å². The zero-order valence-corrected chi connectivity index (χ0v) is 13.1. The first-order valence-corrected chi connectivity index (χ1v) is 8.08. The maximum atomic E-state index is 12.5. The van der Waals surface area contributed by atoms with Crippen molar-refractivity contribution in [3.8, 4) is 0 Å². The molecule has 4 nitrogen and oxygen atoms in total. The van der Waals surface area contributed by atoms with Crippen LogP contribution in [0.5, 0.6) is 0 Å². The molecule has 116 valence electrons. The molecule has 0 aromatic rings. The van der Waals surface area contributed by atoms with E-state index in [4.69, 9.17) is 0 Å². The minimum absolute atomic E-state index is 0.118. The van der Waals surface area contributed by atoms with Crippen LogP contribution >= 0.6 is 0 Å². The normalized spacial score (nSPS) is 28.3. The monoisotopic (exact) mass is 282 g/mol. The molecule has 0 aromatic heterocycles. The van der Waals surface area contributed by atoms with Crippen molar-refractivity contribution in [2.24, 2.45) is 11.3 Å². The lowest BCUT2D eigenvalue weighted by molar-refractivity contribution is -0.137. The Labute approximate surface area is 123 Å². The fourth-order valence-corrected chi connectivity index (χ4v) is 3.99. The van der Waals surface area contributed by atoms with Crippen LogP contribution in [-0.4, -0.2) is 61.2 Å². The fourth-order valence-electron chi connectivity index (χ4n) is 3.99. The lowest BCUT2D eigenvalue weighted by atomic mass is 9.80. The zero-order chi connectivity index (χ0) is 14.6. The number of hydrogen-bond acceptors (Lipinski definition) is 3. The smallest absolute Gasteiger partial charge is 0.222 e. The molecule has 0 aromatic carbocycles. The van der Waals surface area contributed by atoms with Gasteiger partial charge < -0.3 is 14.9 Å². The molecule has 1 unspecified atom stereocenters. The van der Waals surface area contributed by atoms with Crippen molar-refractivity contribution in [1.82, 2.24) is 9.80 Å². The van der Waals surface area contributed by atoms with Crippen LogP contribution < -0.4 is 0 Å². The van der Waals surface area contributed by atoms with Gasteiger partial charge in [0.15, 0.2) is 0 Å². The first-order chi connectivity index (χ1) is 9.54. The molecular formula is C16H30N2O2. The maximum Gasteiger partial charge on any atom is 0.222 e. The van der Waals surface area contributed by atoms with E-state index in [0.717, 1.165) is 38.9 Å². The Morgan fingerprint density at radius 3 is 2.60 bits per heavy atom. The molecule has 1 saturated carbocycles. The van der Waals surface area contributed by atoms with Crippen molar-refractivity contribution < 1.29 is 9.90 Å². The first-order valence-electron chi connectivity index (χ1n) is 8.08. The minimum Gasteiger partial charge on any atom is -0.396 e. The minimum atomic E-state index is -0.118. The lowest BCUT2D eigenvalue weighted by Crippen LogP contribution is -2.52. The number of carbonyl (C=O) groups is 1. The molecule has 0 radical (unpaired) electrons. The van der Waals surface area contributed by atoms with E-state index in [-0.39, 0.29) is 12.0 Å². The number of hydrogen-bond donors (Lipinski definition) is 1. The Hall–Kier alpha value is -0.610. The van der Waals surface area contributed by atoms with Crippen LogP contribution in [0.4, 0.5) is 0 Å². The number of amides is 1. The highest BCUT2D eigenvalue weighted by Gasteiger charge is 2.37. The van der Waals surface area contributed by atoms with Gasteiger partial charge in [-0.25, -0.2) is 0 Å². The van der Waals surface area contributed by atoms with Gasteiger partial charge in [0.2, 0.25) is 5.91 Å². The number of piperidine rings is 1. The fraction of sp³-hybridized carbons (Fsp3) is 0.938. The summed E-state index contributed by atoms with van der Waals surface area (Å²) in [5.74, 6) is 0.926. The molecule has 2 aliphatic rings. The average molecular weight is 282 g/mol. The van der Waals surface area contributed by atoms with Crippen LogP contribution in [0.1, 0.15) is 44.9 Å². The van der Waals surface area contributed by atoms with Crippen LogP contribution in [0.15, 0.2) is 0 Å². The Morgan fingerprint density at radius 2 is 2.00 bits per heavy atom. The van der Waals surface area contributed by atoms with Crippen LogP contribution in [0, 0.1) is 11.3 Å². The van der Waals surface area contributed by atoms with Crippen molar-refractivity contribution in [2.45, 2.75) is 44.9 Å². The van der Waals surface area contributed by atoms with Crippen molar-refractivity contribution in [3.05, 3.63) is 0 Å². The molecule has 20 heavy (non-hydrogen) atoms. The van der Waals surface area contributed by atoms with Crippen LogP contribution in [0.25, 0.3) is 0 Å². The van der Waals surface area contributed by atoms with Crippen molar-refractivity contribution in [3.63, 3.8) is 0 Å². The first kappa shape index (κ1) is 15.8. The third-order valence-electron chi connectivity index (χ3n) is 4.94. The summed E-state index contributed by atoms with van der Waals surface area (Å²) in [6, 6.07) is 0. The number of nitrogens with zero attached hydrogens (tertiary/aromatic N) is 2. The summed E-state index contributed by atoms with van der Waals surface area (Å²) in [5.41, 5.74) is -0.118. The lowest BCUT2D eigenvalue weighted by Gasteiger charge is -2.43. The quantitative estimate of drug-likeness (QED) is 0.835. The molecule has 2 rings (SSSR count). The largest absolute Gasteiger partial charge is 0.396 e. The molecule has 1 N–H and O–H groups in total. The van der Waals surface area contributed by atoms with Gasteiger partial charge in [0, 0.05) is 31.5 Å². The summed E-state index contributed by atoms with van der Waals surface area (Å²) in [5, 5.41) is 9.81. The molecular weight excluding hydrogens is 252 g/mol. The van der Waals surface area contributed by atoms with Gasteiger partial charge in [-0.15, -0.1) is 0 Å². The van der Waals surface area contributed by atoms with Gasteiger partial charge in [0.05, 0.1) is 6.61 Å². The second-order valence-electron chi connectivity index (χ2n) is 7.17. The number of rotatable bonds is 5. The van der Waals surface area contributed by atoms with Gasteiger partial charge in [-0.1, -0.05) is 12.8 Å². The SMILES string of the molecule is CN(C)CC1(CO)CCCN(C(=O)CC2CCCC2)C1. The van der Waals surface area contributed by atoms with Crippen molar-refractivity contribution >= 4 is 5.91 Å². The zero-order valence-electron chi connectivity index (χ0n) is 13.1. The molecule has 2 fully saturated rings. The molecule has 1 amide bonds. The van der Waals surface area contributed by atoms with E-state index in [0.29, 0.717) is 11.8 Å². The Bertz CT molecular complexity index is 326. The molecule has 1 atom stereocenters. The predicted octanol–water partition coefficient (Wildman–Crippen LogP) is 1.73. The highest BCUT2D eigenvalue weighted by atomic mass is 16.3. The second-order valence-corrected chi connectivity index (χ2v) is 7.17. The summed E-state index contributed by atoms with van der Waals surface area (Å²) in [6.45, 7) is 2.64. The van der Waals surface area contributed by atoms with Crippen molar-refractivity contribution in [1.29, 1.82) is 0 Å². The van der Waals surface area contributed by atoms with Gasteiger partial charge in [-0.05, 0) is 45.7 Å². The number of carbonyl (C=O) groups excluding carboxylic acids is 1.